The fourth-order valence-corrected chi connectivity index (χ4v) is 1.73. The Balaban J connectivity index is 2.75. The summed E-state index contributed by atoms with van der Waals surface area (Å²) in [5.41, 5.74) is 1.55. The van der Waals surface area contributed by atoms with Crippen molar-refractivity contribution in [3.05, 3.63) is 29.8 Å². The summed E-state index contributed by atoms with van der Waals surface area (Å²) in [7, 11) is 0.817. The molecule has 0 unspecified atom stereocenters. The molecule has 0 spiro atoms. The Kier molecular flexibility index (Phi) is 4.36. The second kappa shape index (κ2) is 5.37. The van der Waals surface area contributed by atoms with Gasteiger partial charge in [-0.2, -0.15) is 8.42 Å². The smallest absolute Gasteiger partial charge is 0.307 e. The molecule has 0 aromatic heterocycles. The number of nitrogens with one attached hydrogen (secondary N) is 2. The van der Waals surface area contributed by atoms with E-state index in [0.29, 0.717) is 11.6 Å². The van der Waals surface area contributed by atoms with Crippen molar-refractivity contribution in [3.8, 4) is 0 Å². The van der Waals surface area contributed by atoms with Crippen LogP contribution in [0.3, 0.4) is 0 Å². The van der Waals surface area contributed by atoms with Gasteiger partial charge in [0.15, 0.2) is 0 Å². The molecule has 0 radical (unpaired) electrons. The van der Waals surface area contributed by atoms with Crippen molar-refractivity contribution in [2.24, 2.45) is 0 Å². The van der Waals surface area contributed by atoms with E-state index in [2.05, 4.69) is 5.32 Å². The van der Waals surface area contributed by atoms with Crippen LogP contribution in [0.5, 0.6) is 0 Å². The molecule has 2 N–H and O–H groups in total. The molecule has 7 heteroatoms. The molecule has 17 heavy (non-hydrogen) atoms. The molecule has 1 aromatic rings. The summed E-state index contributed by atoms with van der Waals surface area (Å²) in [4.78, 5) is 11.2. The van der Waals surface area contributed by atoms with Gasteiger partial charge in [-0.25, -0.2) is 9.52 Å². The molecule has 1 aromatic carbocycles. The van der Waals surface area contributed by atoms with E-state index in [1.54, 1.807) is 22.9 Å². The molecule has 0 atom stereocenters. The molecule has 0 aliphatic carbocycles. The standard InChI is InChI=1S/C10H13ClN2O3S/c1-7(2)8-4-3-5-9(6-8)12-10(14)13-17(11,15)16/h3-7H,1-2H3,(H2,12,13,14). The molecular weight excluding hydrogens is 264 g/mol. The van der Waals surface area contributed by atoms with Crippen LogP contribution in [0.2, 0.25) is 0 Å². The van der Waals surface area contributed by atoms with Gasteiger partial charge in [0.1, 0.15) is 0 Å². The van der Waals surface area contributed by atoms with E-state index in [0.717, 1.165) is 5.56 Å². The van der Waals surface area contributed by atoms with Crippen molar-refractivity contribution < 1.29 is 13.2 Å². The molecule has 0 aliphatic heterocycles. The second-order valence-corrected chi connectivity index (χ2v) is 6.07. The number of rotatable bonds is 3. The topological polar surface area (TPSA) is 75.3 Å². The van der Waals surface area contributed by atoms with Crippen molar-refractivity contribution in [3.63, 3.8) is 0 Å². The molecule has 5 nitrogen and oxygen atoms in total. The van der Waals surface area contributed by atoms with Gasteiger partial charge < -0.3 is 5.32 Å². The van der Waals surface area contributed by atoms with Crippen LogP contribution in [0.1, 0.15) is 25.3 Å². The lowest BCUT2D eigenvalue weighted by Gasteiger charge is -2.09. The van der Waals surface area contributed by atoms with E-state index in [9.17, 15) is 13.2 Å². The minimum atomic E-state index is -4.06. The monoisotopic (exact) mass is 276 g/mol. The molecule has 0 heterocycles. The molecule has 94 valence electrons. The third kappa shape index (κ3) is 5.06. The molecule has 2 amide bonds. The van der Waals surface area contributed by atoms with Crippen LogP contribution >= 0.6 is 10.7 Å². The lowest BCUT2D eigenvalue weighted by molar-refractivity contribution is 0.256. The normalized spacial score (nSPS) is 11.3. The molecule has 0 saturated carbocycles. The van der Waals surface area contributed by atoms with E-state index in [1.807, 2.05) is 19.9 Å². The Labute approximate surface area is 105 Å². The molecule has 0 aliphatic rings. The van der Waals surface area contributed by atoms with Crippen molar-refractivity contribution >= 4 is 31.6 Å². The van der Waals surface area contributed by atoms with Crippen molar-refractivity contribution in [1.82, 2.24) is 4.72 Å². The Bertz CT molecular complexity index is 514. The summed E-state index contributed by atoms with van der Waals surface area (Å²) in [6.07, 6.45) is 0. The minimum absolute atomic E-state index is 0.316. The average Bonchev–Trinajstić information content (AvgIpc) is 2.14. The highest BCUT2D eigenvalue weighted by Crippen LogP contribution is 2.18. The first-order chi connectivity index (χ1) is 7.78. The van der Waals surface area contributed by atoms with E-state index in [-0.39, 0.29) is 0 Å². The van der Waals surface area contributed by atoms with Gasteiger partial charge in [0.05, 0.1) is 0 Å². The van der Waals surface area contributed by atoms with E-state index < -0.39 is 15.3 Å². The molecule has 0 fully saturated rings. The van der Waals surface area contributed by atoms with Crippen molar-refractivity contribution in [1.29, 1.82) is 0 Å². The van der Waals surface area contributed by atoms with Crippen molar-refractivity contribution in [2.75, 3.05) is 5.32 Å². The lowest BCUT2D eigenvalue weighted by Crippen LogP contribution is -2.31. The average molecular weight is 277 g/mol. The number of urea groups is 1. The third-order valence-corrected chi connectivity index (χ3v) is 2.69. The minimum Gasteiger partial charge on any atom is -0.307 e. The van der Waals surface area contributed by atoms with Gasteiger partial charge in [-0.1, -0.05) is 26.0 Å². The SMILES string of the molecule is CC(C)c1cccc(NC(=O)NS(=O)(=O)Cl)c1. The molecule has 1 rings (SSSR count). The van der Waals surface area contributed by atoms with Crippen molar-refractivity contribution in [2.45, 2.75) is 19.8 Å². The van der Waals surface area contributed by atoms with Gasteiger partial charge in [-0.05, 0) is 23.6 Å². The number of anilines is 1. The Hall–Kier alpha value is -1.27. The highest BCUT2D eigenvalue weighted by molar-refractivity contribution is 8.12. The van der Waals surface area contributed by atoms with E-state index in [1.165, 1.54) is 0 Å². The summed E-state index contributed by atoms with van der Waals surface area (Å²) in [6, 6.07) is 6.24. The highest BCUT2D eigenvalue weighted by Gasteiger charge is 2.10. The first kappa shape index (κ1) is 13.8. The maximum atomic E-state index is 11.2. The van der Waals surface area contributed by atoms with Crippen LogP contribution < -0.4 is 10.0 Å². The summed E-state index contributed by atoms with van der Waals surface area (Å²) in [5, 5.41) is 2.38. The van der Waals surface area contributed by atoms with Crippen LogP contribution in [0, 0.1) is 0 Å². The Morgan fingerprint density at radius 3 is 2.53 bits per heavy atom. The number of hydrogen-bond donors (Lipinski definition) is 2. The predicted molar refractivity (Wildman–Crippen MR) is 67.5 cm³/mol. The van der Waals surface area contributed by atoms with Gasteiger partial charge in [0.2, 0.25) is 0 Å². The first-order valence-electron chi connectivity index (χ1n) is 4.91. The molecular formula is C10H13ClN2O3S. The zero-order valence-electron chi connectivity index (χ0n) is 9.40. The third-order valence-electron chi connectivity index (χ3n) is 2.03. The molecule has 0 bridgehead atoms. The summed E-state index contributed by atoms with van der Waals surface area (Å²) >= 11 is 0. The maximum Gasteiger partial charge on any atom is 0.333 e. The van der Waals surface area contributed by atoms with Crippen LogP contribution in [0.25, 0.3) is 0 Å². The maximum absolute atomic E-state index is 11.2. The summed E-state index contributed by atoms with van der Waals surface area (Å²) in [5.74, 6) is 0.316. The van der Waals surface area contributed by atoms with Crippen LogP contribution in [-0.4, -0.2) is 14.4 Å². The van der Waals surface area contributed by atoms with Crippen LogP contribution in [0.4, 0.5) is 10.5 Å². The predicted octanol–water partition coefficient (Wildman–Crippen LogP) is 2.42. The van der Waals surface area contributed by atoms with Gasteiger partial charge in [-0.3, -0.25) is 0 Å². The van der Waals surface area contributed by atoms with Gasteiger partial charge in [-0.15, -0.1) is 0 Å². The number of benzene rings is 1. The quantitative estimate of drug-likeness (QED) is 0.833. The lowest BCUT2D eigenvalue weighted by atomic mass is 10.0. The first-order valence-corrected chi connectivity index (χ1v) is 7.22. The molecule has 0 saturated heterocycles. The van der Waals surface area contributed by atoms with Gasteiger partial charge >= 0.3 is 15.3 Å². The number of halogens is 1. The fraction of sp³-hybridized carbons (Fsp3) is 0.300. The van der Waals surface area contributed by atoms with Gasteiger partial charge in [0, 0.05) is 16.4 Å². The highest BCUT2D eigenvalue weighted by atomic mass is 35.7. The van der Waals surface area contributed by atoms with Crippen LogP contribution in [-0.2, 0) is 9.24 Å². The zero-order chi connectivity index (χ0) is 13.1. The number of carbonyl (C=O) groups excluding carboxylic acids is 1. The Morgan fingerprint density at radius 1 is 1.35 bits per heavy atom. The summed E-state index contributed by atoms with van der Waals surface area (Å²) < 4.78 is 22.8. The fourth-order valence-electron chi connectivity index (χ4n) is 1.24. The summed E-state index contributed by atoms with van der Waals surface area (Å²) in [6.45, 7) is 4.03. The van der Waals surface area contributed by atoms with Gasteiger partial charge in [0.25, 0.3) is 0 Å². The number of hydrogen-bond acceptors (Lipinski definition) is 3. The van der Waals surface area contributed by atoms with Crippen LogP contribution in [0.15, 0.2) is 24.3 Å². The second-order valence-electron chi connectivity index (χ2n) is 3.77. The van der Waals surface area contributed by atoms with E-state index in [4.69, 9.17) is 10.7 Å². The zero-order valence-corrected chi connectivity index (χ0v) is 11.0. The Morgan fingerprint density at radius 2 is 2.00 bits per heavy atom. The number of carbonyl (C=O) groups is 1. The number of amides is 2. The largest absolute Gasteiger partial charge is 0.333 e. The van der Waals surface area contributed by atoms with E-state index >= 15 is 0 Å².